The Morgan fingerprint density at radius 1 is 1.20 bits per heavy atom. The third-order valence-electron chi connectivity index (χ3n) is 8.20. The maximum atomic E-state index is 12.5. The molecule has 3 aromatic rings. The third kappa shape index (κ3) is 5.60. The van der Waals surface area contributed by atoms with Gasteiger partial charge in [-0.1, -0.05) is 0 Å². The lowest BCUT2D eigenvalue weighted by Gasteiger charge is -2.30. The number of anilines is 2. The molecule has 4 heterocycles. The monoisotopic (exact) mass is 583 g/mol. The molecule has 1 spiro atoms. The number of methoxy groups -OCH3 is 1. The van der Waals surface area contributed by atoms with Gasteiger partial charge in [0, 0.05) is 37.7 Å². The van der Waals surface area contributed by atoms with Gasteiger partial charge in [0.2, 0.25) is 5.88 Å². The zero-order chi connectivity index (χ0) is 29.7. The van der Waals surface area contributed by atoms with Gasteiger partial charge in [0.1, 0.15) is 27.6 Å². The van der Waals surface area contributed by atoms with Gasteiger partial charge in [-0.05, 0) is 64.1 Å². The Kier molecular flexibility index (Phi) is 7.46. The van der Waals surface area contributed by atoms with E-state index >= 15 is 0 Å². The van der Waals surface area contributed by atoms with E-state index in [4.69, 9.17) is 24.9 Å². The lowest BCUT2D eigenvalue weighted by atomic mass is 9.89. The molecule has 0 amide bonds. The predicted octanol–water partition coefficient (Wildman–Crippen LogP) is 3.77. The van der Waals surface area contributed by atoms with Crippen LogP contribution < -0.4 is 15.8 Å². The standard InChI is InChI=1S/C29H37N5O6S/c1-16(11-17(2)41(6,36)37)39-26-21-13-31-24(12-20(21)22(14-32-26)28(4,30)15-38-5)33-23-8-7-19-25(34-23)29(9-10-29)18(3)40-27(19)35/h7-8,12-14,16-18H,9-11,15,30H2,1-6H3,(H,31,33,34)/t16-,17?,18?,28-/m1/s1. The number of nitrogens with one attached hydrogen (secondary N) is 1. The van der Waals surface area contributed by atoms with E-state index in [0.29, 0.717) is 34.9 Å². The topological polar surface area (TPSA) is 156 Å². The molecule has 0 aromatic carbocycles. The van der Waals surface area contributed by atoms with E-state index in [9.17, 15) is 13.2 Å². The van der Waals surface area contributed by atoms with Crippen molar-refractivity contribution >= 4 is 38.2 Å². The maximum absolute atomic E-state index is 12.5. The first-order chi connectivity index (χ1) is 19.2. The summed E-state index contributed by atoms with van der Waals surface area (Å²) in [7, 11) is -1.61. The Morgan fingerprint density at radius 2 is 1.93 bits per heavy atom. The number of ether oxygens (including phenoxy) is 3. The molecule has 3 aromatic heterocycles. The molecular formula is C29H37N5O6S. The molecule has 5 rings (SSSR count). The second-order valence-electron chi connectivity index (χ2n) is 11.7. The number of nitrogens with zero attached hydrogens (tertiary/aromatic N) is 3. The zero-order valence-electron chi connectivity index (χ0n) is 24.2. The molecule has 11 nitrogen and oxygen atoms in total. The van der Waals surface area contributed by atoms with Crippen LogP contribution in [0.4, 0.5) is 11.6 Å². The summed E-state index contributed by atoms with van der Waals surface area (Å²) in [5.41, 5.74) is 7.56. The highest BCUT2D eigenvalue weighted by Crippen LogP contribution is 2.54. The van der Waals surface area contributed by atoms with Crippen LogP contribution in [0.1, 0.15) is 68.6 Å². The van der Waals surface area contributed by atoms with Gasteiger partial charge in [0.15, 0.2) is 0 Å². The number of nitrogens with two attached hydrogens (primary N) is 1. The van der Waals surface area contributed by atoms with Crippen molar-refractivity contribution in [2.45, 2.75) is 75.4 Å². The van der Waals surface area contributed by atoms with Crippen molar-refractivity contribution in [2.24, 2.45) is 5.73 Å². The molecule has 4 atom stereocenters. The molecular weight excluding hydrogens is 546 g/mol. The molecule has 41 heavy (non-hydrogen) atoms. The van der Waals surface area contributed by atoms with E-state index < -0.39 is 26.7 Å². The number of carbonyl (C=O) groups is 1. The summed E-state index contributed by atoms with van der Waals surface area (Å²) < 4.78 is 41.0. The van der Waals surface area contributed by atoms with Crippen molar-refractivity contribution in [3.63, 3.8) is 0 Å². The number of esters is 1. The second kappa shape index (κ2) is 10.5. The number of aromatic nitrogens is 3. The van der Waals surface area contributed by atoms with E-state index in [-0.39, 0.29) is 24.1 Å². The van der Waals surface area contributed by atoms with Crippen molar-refractivity contribution in [1.82, 2.24) is 15.0 Å². The van der Waals surface area contributed by atoms with Crippen LogP contribution in [0.25, 0.3) is 10.8 Å². The van der Waals surface area contributed by atoms with Crippen LogP contribution in [-0.4, -0.2) is 66.8 Å². The Labute approximate surface area is 240 Å². The number of carbonyl (C=O) groups excluding carboxylic acids is 1. The van der Waals surface area contributed by atoms with Crippen LogP contribution in [0.5, 0.6) is 5.88 Å². The van der Waals surface area contributed by atoms with Gasteiger partial charge in [-0.2, -0.15) is 0 Å². The first-order valence-electron chi connectivity index (χ1n) is 13.7. The predicted molar refractivity (Wildman–Crippen MR) is 155 cm³/mol. The molecule has 1 aliphatic heterocycles. The maximum Gasteiger partial charge on any atom is 0.340 e. The third-order valence-corrected chi connectivity index (χ3v) is 9.85. The highest BCUT2D eigenvalue weighted by Gasteiger charge is 2.56. The molecule has 12 heteroatoms. The number of hydrogen-bond donors (Lipinski definition) is 2. The van der Waals surface area contributed by atoms with Crippen molar-refractivity contribution in [3.8, 4) is 5.88 Å². The Hall–Kier alpha value is -3.35. The van der Waals surface area contributed by atoms with E-state index in [2.05, 4.69) is 15.3 Å². The average Bonchev–Trinajstić information content (AvgIpc) is 3.69. The fourth-order valence-corrected chi connectivity index (χ4v) is 6.12. The van der Waals surface area contributed by atoms with Gasteiger partial charge in [0.05, 0.1) is 45.6 Å². The molecule has 220 valence electrons. The van der Waals surface area contributed by atoms with Gasteiger partial charge in [0.25, 0.3) is 0 Å². The van der Waals surface area contributed by atoms with Gasteiger partial charge in [-0.15, -0.1) is 0 Å². The van der Waals surface area contributed by atoms with E-state index in [1.165, 1.54) is 6.26 Å². The minimum atomic E-state index is -3.20. The van der Waals surface area contributed by atoms with Crippen molar-refractivity contribution in [1.29, 1.82) is 0 Å². The highest BCUT2D eigenvalue weighted by atomic mass is 32.2. The van der Waals surface area contributed by atoms with Crippen molar-refractivity contribution in [3.05, 3.63) is 47.4 Å². The quantitative estimate of drug-likeness (QED) is 0.335. The summed E-state index contributed by atoms with van der Waals surface area (Å²) >= 11 is 0. The SMILES string of the molecule is COC[C@@](C)(N)c1cnc(O[C@H](C)CC(C)S(C)(=O)=O)c2cnc(Nc3ccc4c(n3)C3(CC3)C(C)OC4=O)cc12. The smallest absolute Gasteiger partial charge is 0.340 e. The van der Waals surface area contributed by atoms with Crippen LogP contribution in [-0.2, 0) is 30.3 Å². The second-order valence-corrected chi connectivity index (χ2v) is 14.1. The molecule has 3 N–H and O–H groups in total. The van der Waals surface area contributed by atoms with Gasteiger partial charge in [-0.3, -0.25) is 0 Å². The molecule has 1 aliphatic carbocycles. The number of rotatable bonds is 10. The molecule has 2 unspecified atom stereocenters. The first-order valence-corrected chi connectivity index (χ1v) is 15.6. The summed E-state index contributed by atoms with van der Waals surface area (Å²) in [6.45, 7) is 7.51. The van der Waals surface area contributed by atoms with E-state index in [1.807, 2.05) is 26.8 Å². The molecule has 1 fully saturated rings. The number of cyclic esters (lactones) is 1. The van der Waals surface area contributed by atoms with Gasteiger partial charge in [-0.25, -0.2) is 28.2 Å². The summed E-state index contributed by atoms with van der Waals surface area (Å²) in [5, 5.41) is 4.11. The Balaban J connectivity index is 1.50. The van der Waals surface area contributed by atoms with Gasteiger partial charge >= 0.3 is 5.97 Å². The minimum absolute atomic E-state index is 0.219. The average molecular weight is 584 g/mol. The largest absolute Gasteiger partial charge is 0.474 e. The molecule has 0 saturated heterocycles. The number of pyridine rings is 3. The van der Waals surface area contributed by atoms with Crippen LogP contribution in [0, 0.1) is 0 Å². The summed E-state index contributed by atoms with van der Waals surface area (Å²) in [4.78, 5) is 26.4. The molecule has 1 saturated carbocycles. The molecule has 2 aliphatic rings. The van der Waals surface area contributed by atoms with E-state index in [0.717, 1.165) is 29.5 Å². The Bertz CT molecular complexity index is 1600. The fraction of sp³-hybridized carbons (Fsp3) is 0.517. The lowest BCUT2D eigenvalue weighted by molar-refractivity contribution is 0.0183. The minimum Gasteiger partial charge on any atom is -0.474 e. The van der Waals surface area contributed by atoms with Crippen LogP contribution in [0.2, 0.25) is 0 Å². The zero-order valence-corrected chi connectivity index (χ0v) is 25.0. The summed E-state index contributed by atoms with van der Waals surface area (Å²) in [6, 6.07) is 5.34. The van der Waals surface area contributed by atoms with Crippen LogP contribution >= 0.6 is 0 Å². The van der Waals surface area contributed by atoms with Crippen molar-refractivity contribution in [2.75, 3.05) is 25.3 Å². The highest BCUT2D eigenvalue weighted by molar-refractivity contribution is 7.91. The van der Waals surface area contributed by atoms with Gasteiger partial charge < -0.3 is 25.3 Å². The summed E-state index contributed by atoms with van der Waals surface area (Å²) in [5.74, 6) is 1.07. The lowest BCUT2D eigenvalue weighted by Crippen LogP contribution is -2.38. The fourth-order valence-electron chi connectivity index (χ4n) is 5.50. The van der Waals surface area contributed by atoms with Crippen LogP contribution in [0.3, 0.4) is 0 Å². The number of fused-ring (bicyclic) bond motifs is 3. The first kappa shape index (κ1) is 29.2. The van der Waals surface area contributed by atoms with Crippen molar-refractivity contribution < 1.29 is 27.4 Å². The normalized spacial score (nSPS) is 20.6. The van der Waals surface area contributed by atoms with Crippen LogP contribution in [0.15, 0.2) is 30.6 Å². The summed E-state index contributed by atoms with van der Waals surface area (Å²) in [6.07, 6.45) is 6.06. The number of sulfone groups is 1. The Morgan fingerprint density at radius 3 is 2.59 bits per heavy atom. The molecule has 0 radical (unpaired) electrons. The molecule has 0 bridgehead atoms. The van der Waals surface area contributed by atoms with E-state index in [1.54, 1.807) is 38.6 Å². The number of hydrogen-bond acceptors (Lipinski definition) is 11.